The van der Waals surface area contributed by atoms with Crippen LogP contribution in [-0.4, -0.2) is 78.5 Å². The van der Waals surface area contributed by atoms with Crippen molar-refractivity contribution in [3.05, 3.63) is 0 Å². The van der Waals surface area contributed by atoms with Gasteiger partial charge in [0.05, 0.1) is 6.04 Å². The smallest absolute Gasteiger partial charge is 0.315 e. The molecule has 8 nitrogen and oxygen atoms in total. The lowest BCUT2D eigenvalue weighted by Gasteiger charge is -2.40. The Bertz CT molecular complexity index is 548. The molecule has 140 valence electrons. The highest BCUT2D eigenvalue weighted by atomic mass is 16.2. The number of carbonyl (C=O) groups excluding carboxylic acids is 3. The van der Waals surface area contributed by atoms with E-state index < -0.39 is 0 Å². The van der Waals surface area contributed by atoms with Crippen molar-refractivity contribution in [2.75, 3.05) is 26.7 Å². The van der Waals surface area contributed by atoms with E-state index in [1.165, 1.54) is 0 Å². The van der Waals surface area contributed by atoms with Crippen LogP contribution in [0.4, 0.5) is 4.79 Å². The molecule has 2 saturated heterocycles. The summed E-state index contributed by atoms with van der Waals surface area (Å²) in [5.74, 6) is 0.259. The summed E-state index contributed by atoms with van der Waals surface area (Å²) in [5, 5.41) is 8.69. The van der Waals surface area contributed by atoms with Crippen LogP contribution in [-0.2, 0) is 9.59 Å². The summed E-state index contributed by atoms with van der Waals surface area (Å²) in [5.41, 5.74) is 0. The molecule has 1 saturated carbocycles. The minimum atomic E-state index is -0.317. The van der Waals surface area contributed by atoms with Crippen LogP contribution in [0.5, 0.6) is 0 Å². The molecule has 0 bridgehead atoms. The van der Waals surface area contributed by atoms with Crippen molar-refractivity contribution in [1.82, 2.24) is 25.8 Å². The number of amides is 4. The Morgan fingerprint density at radius 3 is 2.60 bits per heavy atom. The number of hydrogen-bond acceptors (Lipinski definition) is 4. The van der Waals surface area contributed by atoms with E-state index in [0.29, 0.717) is 13.1 Å². The molecule has 3 fully saturated rings. The predicted octanol–water partition coefficient (Wildman–Crippen LogP) is -0.496. The fourth-order valence-corrected chi connectivity index (χ4v) is 3.72. The molecular formula is C17H29N5O3. The first kappa shape index (κ1) is 18.0. The molecule has 8 heteroatoms. The van der Waals surface area contributed by atoms with E-state index >= 15 is 0 Å². The van der Waals surface area contributed by atoms with Gasteiger partial charge in [0, 0.05) is 37.6 Å². The highest BCUT2D eigenvalue weighted by Gasteiger charge is 2.44. The molecule has 3 rings (SSSR count). The van der Waals surface area contributed by atoms with E-state index in [0.717, 1.165) is 25.8 Å². The zero-order valence-electron chi connectivity index (χ0n) is 15.2. The molecular weight excluding hydrogens is 322 g/mol. The maximum Gasteiger partial charge on any atom is 0.315 e. The molecule has 0 aromatic rings. The number of nitrogens with zero attached hydrogens (tertiary/aromatic N) is 2. The van der Waals surface area contributed by atoms with Crippen LogP contribution >= 0.6 is 0 Å². The van der Waals surface area contributed by atoms with Gasteiger partial charge in [0.1, 0.15) is 6.04 Å². The quantitative estimate of drug-likeness (QED) is 0.623. The number of nitrogens with one attached hydrogen (secondary N) is 3. The summed E-state index contributed by atoms with van der Waals surface area (Å²) < 4.78 is 0. The van der Waals surface area contributed by atoms with Gasteiger partial charge in [0.25, 0.3) is 0 Å². The van der Waals surface area contributed by atoms with Crippen molar-refractivity contribution in [2.24, 2.45) is 5.92 Å². The third kappa shape index (κ3) is 4.23. The first-order valence-corrected chi connectivity index (χ1v) is 9.20. The van der Waals surface area contributed by atoms with Crippen LogP contribution < -0.4 is 16.0 Å². The largest absolute Gasteiger partial charge is 0.354 e. The highest BCUT2D eigenvalue weighted by molar-refractivity contribution is 5.86. The third-order valence-electron chi connectivity index (χ3n) is 5.19. The van der Waals surface area contributed by atoms with Crippen LogP contribution in [0, 0.1) is 5.92 Å². The van der Waals surface area contributed by atoms with Crippen LogP contribution in [0.25, 0.3) is 0 Å². The van der Waals surface area contributed by atoms with Crippen LogP contribution in [0.15, 0.2) is 0 Å². The van der Waals surface area contributed by atoms with E-state index in [1.54, 1.807) is 0 Å². The van der Waals surface area contributed by atoms with Gasteiger partial charge in [-0.1, -0.05) is 0 Å². The first-order valence-electron chi connectivity index (χ1n) is 9.20. The van der Waals surface area contributed by atoms with E-state index in [-0.39, 0.29) is 47.9 Å². The molecule has 4 amide bonds. The predicted molar refractivity (Wildman–Crippen MR) is 92.9 cm³/mol. The Kier molecular flexibility index (Phi) is 5.17. The number of fused-ring (bicyclic) bond motifs is 1. The lowest BCUT2D eigenvalue weighted by molar-refractivity contribution is -0.142. The molecule has 25 heavy (non-hydrogen) atoms. The van der Waals surface area contributed by atoms with Gasteiger partial charge in [0.15, 0.2) is 0 Å². The fraction of sp³-hybridized carbons (Fsp3) is 0.824. The molecule has 2 heterocycles. The standard InChI is InChI=1S/C17H29N5O3/c1-10(2)19-17(25)20-12-6-13-9-21(3)14(16(24)22(13)8-12)7-18-15(23)11-4-5-11/h10-14H,4-9H2,1-3H3,(H,18,23)(H2,19,20,25)/t12-,13-,14-/m0/s1. The van der Waals surface area contributed by atoms with Gasteiger partial charge in [-0.2, -0.15) is 0 Å². The number of carbonyl (C=O) groups is 3. The topological polar surface area (TPSA) is 93.8 Å². The summed E-state index contributed by atoms with van der Waals surface area (Å²) in [4.78, 5) is 40.4. The SMILES string of the molecule is CC(C)NC(=O)N[C@H]1C[C@H]2CN(C)[C@@H](CNC(=O)C3CC3)C(=O)N2C1. The molecule has 0 radical (unpaired) electrons. The Balaban J connectivity index is 1.53. The van der Waals surface area contributed by atoms with E-state index in [2.05, 4.69) is 16.0 Å². The Morgan fingerprint density at radius 1 is 1.24 bits per heavy atom. The molecule has 3 aliphatic rings. The van der Waals surface area contributed by atoms with E-state index in [1.807, 2.05) is 30.7 Å². The minimum absolute atomic E-state index is 0.0269. The number of hydrogen-bond donors (Lipinski definition) is 3. The number of urea groups is 1. The maximum atomic E-state index is 12.8. The van der Waals surface area contributed by atoms with Gasteiger partial charge >= 0.3 is 6.03 Å². The summed E-state index contributed by atoms with van der Waals surface area (Å²) in [6.07, 6.45) is 2.68. The Labute approximate surface area is 148 Å². The second-order valence-electron chi connectivity index (χ2n) is 7.82. The second kappa shape index (κ2) is 7.19. The van der Waals surface area contributed by atoms with Gasteiger partial charge < -0.3 is 20.9 Å². The van der Waals surface area contributed by atoms with Crippen molar-refractivity contribution >= 4 is 17.8 Å². The molecule has 0 aromatic heterocycles. The molecule has 0 aromatic carbocycles. The maximum absolute atomic E-state index is 12.8. The highest BCUT2D eigenvalue weighted by Crippen LogP contribution is 2.29. The van der Waals surface area contributed by atoms with Crippen molar-refractivity contribution < 1.29 is 14.4 Å². The van der Waals surface area contributed by atoms with Crippen molar-refractivity contribution in [2.45, 2.75) is 57.3 Å². The van der Waals surface area contributed by atoms with E-state index in [4.69, 9.17) is 0 Å². The summed E-state index contributed by atoms with van der Waals surface area (Å²) in [6, 6.07) is -0.328. The summed E-state index contributed by atoms with van der Waals surface area (Å²) >= 11 is 0. The number of piperazine rings is 1. The molecule has 0 unspecified atom stereocenters. The fourth-order valence-electron chi connectivity index (χ4n) is 3.72. The normalized spacial score (nSPS) is 29.5. The number of likely N-dealkylation sites (N-methyl/N-ethyl adjacent to an activating group) is 1. The van der Waals surface area contributed by atoms with Gasteiger partial charge in [-0.25, -0.2) is 4.79 Å². The van der Waals surface area contributed by atoms with Crippen molar-refractivity contribution in [3.63, 3.8) is 0 Å². The second-order valence-corrected chi connectivity index (χ2v) is 7.82. The summed E-state index contributed by atoms with van der Waals surface area (Å²) in [7, 11) is 1.93. The number of rotatable bonds is 5. The van der Waals surface area contributed by atoms with Crippen molar-refractivity contribution in [3.8, 4) is 0 Å². The zero-order valence-corrected chi connectivity index (χ0v) is 15.2. The monoisotopic (exact) mass is 351 g/mol. The zero-order chi connectivity index (χ0) is 18.1. The minimum Gasteiger partial charge on any atom is -0.354 e. The molecule has 2 aliphatic heterocycles. The Morgan fingerprint density at radius 2 is 1.96 bits per heavy atom. The molecule has 0 spiro atoms. The van der Waals surface area contributed by atoms with Gasteiger partial charge in [-0.05, 0) is 40.2 Å². The third-order valence-corrected chi connectivity index (χ3v) is 5.19. The average Bonchev–Trinajstić information content (AvgIpc) is 3.28. The first-order chi connectivity index (χ1) is 11.8. The van der Waals surface area contributed by atoms with Crippen molar-refractivity contribution in [1.29, 1.82) is 0 Å². The summed E-state index contributed by atoms with van der Waals surface area (Å²) in [6.45, 7) is 5.49. The molecule has 1 aliphatic carbocycles. The van der Waals surface area contributed by atoms with Gasteiger partial charge in [-0.3, -0.25) is 14.5 Å². The van der Waals surface area contributed by atoms with Gasteiger partial charge in [-0.15, -0.1) is 0 Å². The Hall–Kier alpha value is -1.83. The van der Waals surface area contributed by atoms with E-state index in [9.17, 15) is 14.4 Å². The average molecular weight is 351 g/mol. The van der Waals surface area contributed by atoms with Crippen LogP contribution in [0.2, 0.25) is 0 Å². The molecule has 3 atom stereocenters. The van der Waals surface area contributed by atoms with Gasteiger partial charge in [0.2, 0.25) is 11.8 Å². The lowest BCUT2D eigenvalue weighted by atomic mass is 10.1. The van der Waals surface area contributed by atoms with Crippen LogP contribution in [0.1, 0.15) is 33.1 Å². The lowest BCUT2D eigenvalue weighted by Crippen LogP contribution is -2.61. The molecule has 3 N–H and O–H groups in total. The van der Waals surface area contributed by atoms with Crippen LogP contribution in [0.3, 0.4) is 0 Å².